The Labute approximate surface area is 111 Å². The topological polar surface area (TPSA) is 67.9 Å². The molecule has 0 aromatic carbocycles. The fourth-order valence-corrected chi connectivity index (χ4v) is 1.89. The van der Waals surface area contributed by atoms with Crippen LogP contribution < -0.4 is 10.3 Å². The molecule has 0 saturated carbocycles. The maximum Gasteiger partial charge on any atom is 0.254 e. The lowest BCUT2D eigenvalue weighted by atomic mass is 10.1. The summed E-state index contributed by atoms with van der Waals surface area (Å²) in [6.07, 6.45) is 5.45. The number of nitrogens with one attached hydrogen (secondary N) is 1. The second kappa shape index (κ2) is 5.65. The summed E-state index contributed by atoms with van der Waals surface area (Å²) in [7, 11) is 0. The fourth-order valence-electron chi connectivity index (χ4n) is 1.89. The van der Waals surface area contributed by atoms with Gasteiger partial charge in [0.05, 0.1) is 24.3 Å². The van der Waals surface area contributed by atoms with E-state index in [9.17, 15) is 4.79 Å². The Kier molecular flexibility index (Phi) is 3.94. The largest absolute Gasteiger partial charge is 0.489 e. The van der Waals surface area contributed by atoms with E-state index < -0.39 is 0 Å². The summed E-state index contributed by atoms with van der Waals surface area (Å²) in [6, 6.07) is 1.86. The molecule has 2 heterocycles. The maximum absolute atomic E-state index is 11.8. The molecule has 0 bridgehead atoms. The van der Waals surface area contributed by atoms with E-state index in [0.29, 0.717) is 23.4 Å². The highest BCUT2D eigenvalue weighted by molar-refractivity contribution is 5.62. The summed E-state index contributed by atoms with van der Waals surface area (Å²) in [6.45, 7) is 5.84. The van der Waals surface area contributed by atoms with E-state index >= 15 is 0 Å². The number of hydrogen-bond acceptors (Lipinski definition) is 4. The molecule has 2 aromatic heterocycles. The Morgan fingerprint density at radius 3 is 2.84 bits per heavy atom. The van der Waals surface area contributed by atoms with Crippen LogP contribution in [0.4, 0.5) is 0 Å². The summed E-state index contributed by atoms with van der Waals surface area (Å²) in [5.74, 6) is 0.677. The molecule has 5 nitrogen and oxygen atoms in total. The van der Waals surface area contributed by atoms with Gasteiger partial charge in [0.1, 0.15) is 5.75 Å². The number of pyridine rings is 1. The number of aromatic amines is 1. The summed E-state index contributed by atoms with van der Waals surface area (Å²) in [5.41, 5.74) is 2.00. The summed E-state index contributed by atoms with van der Waals surface area (Å²) >= 11 is 0. The molecule has 0 aliphatic rings. The number of ether oxygens (including phenoxy) is 1. The first-order chi connectivity index (χ1) is 9.11. The zero-order valence-electron chi connectivity index (χ0n) is 11.3. The Bertz CT molecular complexity index is 620. The van der Waals surface area contributed by atoms with Crippen LogP contribution in [-0.2, 0) is 6.42 Å². The van der Waals surface area contributed by atoms with Gasteiger partial charge in [0.2, 0.25) is 0 Å². The summed E-state index contributed by atoms with van der Waals surface area (Å²) in [4.78, 5) is 22.7. The predicted octanol–water partition coefficient (Wildman–Crippen LogP) is 2.18. The molecular formula is C14H17N3O2. The minimum atomic E-state index is -0.109. The van der Waals surface area contributed by atoms with Crippen molar-refractivity contribution in [3.8, 4) is 17.0 Å². The highest BCUT2D eigenvalue weighted by Gasteiger charge is 2.10. The van der Waals surface area contributed by atoms with Gasteiger partial charge in [-0.05, 0) is 26.3 Å². The van der Waals surface area contributed by atoms with E-state index in [0.717, 1.165) is 5.56 Å². The van der Waals surface area contributed by atoms with Gasteiger partial charge in [-0.25, -0.2) is 4.98 Å². The zero-order chi connectivity index (χ0) is 13.8. The molecular weight excluding hydrogens is 242 g/mol. The Morgan fingerprint density at radius 1 is 1.37 bits per heavy atom. The second-order valence-corrected chi connectivity index (χ2v) is 4.49. The third-order valence-electron chi connectivity index (χ3n) is 2.66. The molecule has 1 N–H and O–H groups in total. The van der Waals surface area contributed by atoms with Gasteiger partial charge < -0.3 is 9.72 Å². The average Bonchev–Trinajstić information content (AvgIpc) is 2.38. The van der Waals surface area contributed by atoms with Gasteiger partial charge in [-0.1, -0.05) is 6.92 Å². The SMILES string of the molecule is CCc1c(-c2cncc(OC(C)C)c2)nc[nH]c1=O. The molecule has 2 aromatic rings. The van der Waals surface area contributed by atoms with Crippen LogP contribution in [0.3, 0.4) is 0 Å². The van der Waals surface area contributed by atoms with Gasteiger partial charge in [0.25, 0.3) is 5.56 Å². The number of rotatable bonds is 4. The molecule has 19 heavy (non-hydrogen) atoms. The Balaban J connectivity index is 2.47. The molecule has 100 valence electrons. The van der Waals surface area contributed by atoms with E-state index in [1.165, 1.54) is 6.33 Å². The number of aromatic nitrogens is 3. The maximum atomic E-state index is 11.8. The van der Waals surface area contributed by atoms with Crippen LogP contribution in [0.25, 0.3) is 11.3 Å². The van der Waals surface area contributed by atoms with Crippen LogP contribution in [0.2, 0.25) is 0 Å². The molecule has 2 rings (SSSR count). The molecule has 5 heteroatoms. The number of nitrogens with zero attached hydrogens (tertiary/aromatic N) is 2. The normalized spacial score (nSPS) is 10.7. The van der Waals surface area contributed by atoms with Crippen molar-refractivity contribution in [2.45, 2.75) is 33.3 Å². The Hall–Kier alpha value is -2.17. The van der Waals surface area contributed by atoms with Crippen LogP contribution in [0.15, 0.2) is 29.6 Å². The van der Waals surface area contributed by atoms with E-state index in [1.807, 2.05) is 26.8 Å². The summed E-state index contributed by atoms with van der Waals surface area (Å²) in [5, 5.41) is 0. The molecule has 0 amide bonds. The molecule has 0 fully saturated rings. The van der Waals surface area contributed by atoms with Crippen LogP contribution in [0.1, 0.15) is 26.3 Å². The summed E-state index contributed by atoms with van der Waals surface area (Å²) < 4.78 is 5.60. The first-order valence-corrected chi connectivity index (χ1v) is 6.30. The van der Waals surface area contributed by atoms with E-state index in [1.54, 1.807) is 12.4 Å². The van der Waals surface area contributed by atoms with Crippen molar-refractivity contribution in [2.75, 3.05) is 0 Å². The van der Waals surface area contributed by atoms with Crippen molar-refractivity contribution in [2.24, 2.45) is 0 Å². The zero-order valence-corrected chi connectivity index (χ0v) is 11.3. The molecule has 0 saturated heterocycles. The lowest BCUT2D eigenvalue weighted by Crippen LogP contribution is -2.14. The van der Waals surface area contributed by atoms with Crippen molar-refractivity contribution >= 4 is 0 Å². The minimum Gasteiger partial charge on any atom is -0.489 e. The fraction of sp³-hybridized carbons (Fsp3) is 0.357. The lowest BCUT2D eigenvalue weighted by molar-refractivity contribution is 0.241. The standard InChI is InChI=1S/C14H17N3O2/c1-4-12-13(16-8-17-14(12)18)10-5-11(7-15-6-10)19-9(2)3/h5-9H,4H2,1-3H3,(H,16,17,18). The number of H-pyrrole nitrogens is 1. The van der Waals surface area contributed by atoms with Gasteiger partial charge in [0, 0.05) is 17.3 Å². The van der Waals surface area contributed by atoms with Crippen LogP contribution >= 0.6 is 0 Å². The molecule has 0 aliphatic heterocycles. The molecule has 0 spiro atoms. The monoisotopic (exact) mass is 259 g/mol. The molecule has 0 unspecified atom stereocenters. The lowest BCUT2D eigenvalue weighted by Gasteiger charge is -2.11. The van der Waals surface area contributed by atoms with Crippen molar-refractivity contribution in [3.05, 3.63) is 40.7 Å². The quantitative estimate of drug-likeness (QED) is 0.913. The first-order valence-electron chi connectivity index (χ1n) is 6.30. The van der Waals surface area contributed by atoms with Gasteiger partial charge >= 0.3 is 0 Å². The van der Waals surface area contributed by atoms with Gasteiger partial charge in [0.15, 0.2) is 0 Å². The average molecular weight is 259 g/mol. The van der Waals surface area contributed by atoms with E-state index in [2.05, 4.69) is 15.0 Å². The minimum absolute atomic E-state index is 0.0785. The highest BCUT2D eigenvalue weighted by Crippen LogP contribution is 2.23. The Morgan fingerprint density at radius 2 is 2.16 bits per heavy atom. The van der Waals surface area contributed by atoms with Crippen LogP contribution in [0, 0.1) is 0 Å². The third-order valence-corrected chi connectivity index (χ3v) is 2.66. The van der Waals surface area contributed by atoms with Crippen LogP contribution in [0.5, 0.6) is 5.75 Å². The highest BCUT2D eigenvalue weighted by atomic mass is 16.5. The van der Waals surface area contributed by atoms with E-state index in [4.69, 9.17) is 4.74 Å². The van der Waals surface area contributed by atoms with Crippen molar-refractivity contribution in [1.29, 1.82) is 0 Å². The molecule has 0 atom stereocenters. The van der Waals surface area contributed by atoms with Crippen LogP contribution in [-0.4, -0.2) is 21.1 Å². The predicted molar refractivity (Wildman–Crippen MR) is 73.2 cm³/mol. The van der Waals surface area contributed by atoms with Gasteiger partial charge in [-0.15, -0.1) is 0 Å². The first kappa shape index (κ1) is 13.3. The van der Waals surface area contributed by atoms with Crippen molar-refractivity contribution < 1.29 is 4.74 Å². The van der Waals surface area contributed by atoms with Crippen molar-refractivity contribution in [3.63, 3.8) is 0 Å². The smallest absolute Gasteiger partial charge is 0.254 e. The van der Waals surface area contributed by atoms with Gasteiger partial charge in [-0.3, -0.25) is 9.78 Å². The second-order valence-electron chi connectivity index (χ2n) is 4.49. The van der Waals surface area contributed by atoms with Gasteiger partial charge in [-0.2, -0.15) is 0 Å². The molecule has 0 radical (unpaired) electrons. The van der Waals surface area contributed by atoms with Crippen molar-refractivity contribution in [1.82, 2.24) is 15.0 Å². The third kappa shape index (κ3) is 2.99. The number of hydrogen-bond donors (Lipinski definition) is 1. The molecule has 0 aliphatic carbocycles. The van der Waals surface area contributed by atoms with E-state index in [-0.39, 0.29) is 11.7 Å².